The first-order valence-corrected chi connectivity index (χ1v) is 12.2. The van der Waals surface area contributed by atoms with Crippen molar-refractivity contribution in [2.24, 2.45) is 0 Å². The van der Waals surface area contributed by atoms with E-state index in [0.29, 0.717) is 23.5 Å². The molecule has 1 amide bonds. The maximum atomic E-state index is 13.1. The molecule has 0 aliphatic heterocycles. The van der Waals surface area contributed by atoms with Crippen LogP contribution in [0.5, 0.6) is 0 Å². The highest BCUT2D eigenvalue weighted by molar-refractivity contribution is 7.92. The summed E-state index contributed by atoms with van der Waals surface area (Å²) in [5.41, 5.74) is 5.05. The number of sulfonamides is 1. The van der Waals surface area contributed by atoms with E-state index in [4.69, 9.17) is 0 Å². The summed E-state index contributed by atoms with van der Waals surface area (Å²) in [5.74, 6) is -0.277. The SMILES string of the molecule is Cc1ccc(NC(=O)c2ccccc2-c2ccc(Cn3cccn3)cc2)cc1NS(C)(=O)=O. The Kier molecular flexibility index (Phi) is 6.28. The molecular formula is C25H24N4O3S. The Morgan fingerprint density at radius 1 is 1.00 bits per heavy atom. The molecule has 4 aromatic rings. The fraction of sp³-hybridized carbons (Fsp3) is 0.120. The molecule has 7 nitrogen and oxygen atoms in total. The number of aromatic nitrogens is 2. The number of aryl methyl sites for hydroxylation is 1. The van der Waals surface area contributed by atoms with E-state index in [2.05, 4.69) is 15.1 Å². The third kappa shape index (κ3) is 5.67. The molecule has 0 bridgehead atoms. The van der Waals surface area contributed by atoms with Crippen LogP contribution in [-0.2, 0) is 16.6 Å². The van der Waals surface area contributed by atoms with Gasteiger partial charge in [-0.15, -0.1) is 0 Å². The Bertz CT molecular complexity index is 1380. The highest BCUT2D eigenvalue weighted by atomic mass is 32.2. The van der Waals surface area contributed by atoms with Gasteiger partial charge in [0.25, 0.3) is 5.91 Å². The summed E-state index contributed by atoms with van der Waals surface area (Å²) >= 11 is 0. The van der Waals surface area contributed by atoms with Crippen molar-refractivity contribution >= 4 is 27.3 Å². The fourth-order valence-electron chi connectivity index (χ4n) is 3.51. The number of hydrogen-bond acceptors (Lipinski definition) is 4. The molecule has 1 heterocycles. The molecular weight excluding hydrogens is 436 g/mol. The van der Waals surface area contributed by atoms with Crippen LogP contribution in [0.15, 0.2) is 85.2 Å². The van der Waals surface area contributed by atoms with Gasteiger partial charge in [0, 0.05) is 23.6 Å². The van der Waals surface area contributed by atoms with E-state index in [1.165, 1.54) is 0 Å². The van der Waals surface area contributed by atoms with Crippen molar-refractivity contribution in [3.8, 4) is 11.1 Å². The average Bonchev–Trinajstić information content (AvgIpc) is 3.29. The molecule has 0 unspecified atom stereocenters. The number of nitrogens with one attached hydrogen (secondary N) is 2. The summed E-state index contributed by atoms with van der Waals surface area (Å²) < 4.78 is 27.6. The van der Waals surface area contributed by atoms with Gasteiger partial charge in [0.05, 0.1) is 18.5 Å². The van der Waals surface area contributed by atoms with Crippen LogP contribution in [0.1, 0.15) is 21.5 Å². The van der Waals surface area contributed by atoms with Gasteiger partial charge in [-0.2, -0.15) is 5.10 Å². The molecule has 2 N–H and O–H groups in total. The number of anilines is 2. The lowest BCUT2D eigenvalue weighted by Crippen LogP contribution is -2.14. The van der Waals surface area contributed by atoms with Crippen molar-refractivity contribution in [2.75, 3.05) is 16.3 Å². The number of carbonyl (C=O) groups excluding carboxylic acids is 1. The number of benzene rings is 3. The molecule has 0 atom stereocenters. The lowest BCUT2D eigenvalue weighted by Gasteiger charge is -2.13. The molecule has 0 saturated carbocycles. The number of hydrogen-bond donors (Lipinski definition) is 2. The normalized spacial score (nSPS) is 11.2. The van der Waals surface area contributed by atoms with E-state index >= 15 is 0 Å². The number of nitrogens with zero attached hydrogens (tertiary/aromatic N) is 2. The van der Waals surface area contributed by atoms with Gasteiger partial charge in [-0.3, -0.25) is 14.2 Å². The second-order valence-corrected chi connectivity index (χ2v) is 9.55. The van der Waals surface area contributed by atoms with E-state index in [1.807, 2.05) is 59.4 Å². The van der Waals surface area contributed by atoms with Crippen molar-refractivity contribution in [3.63, 3.8) is 0 Å². The minimum Gasteiger partial charge on any atom is -0.322 e. The third-order valence-corrected chi connectivity index (χ3v) is 5.72. The molecule has 4 rings (SSSR count). The zero-order chi connectivity index (χ0) is 23.4. The summed E-state index contributed by atoms with van der Waals surface area (Å²) in [6, 6.07) is 22.4. The predicted octanol–water partition coefficient (Wildman–Crippen LogP) is 4.53. The van der Waals surface area contributed by atoms with E-state index in [1.54, 1.807) is 37.4 Å². The predicted molar refractivity (Wildman–Crippen MR) is 131 cm³/mol. The second kappa shape index (κ2) is 9.30. The molecule has 8 heteroatoms. The molecule has 0 fully saturated rings. The van der Waals surface area contributed by atoms with Crippen LogP contribution in [0.2, 0.25) is 0 Å². The quantitative estimate of drug-likeness (QED) is 0.424. The zero-order valence-electron chi connectivity index (χ0n) is 18.3. The summed E-state index contributed by atoms with van der Waals surface area (Å²) in [5, 5.41) is 7.10. The first kappa shape index (κ1) is 22.3. The van der Waals surface area contributed by atoms with Gasteiger partial charge in [0.1, 0.15) is 0 Å². The van der Waals surface area contributed by atoms with E-state index in [9.17, 15) is 13.2 Å². The number of amides is 1. The van der Waals surface area contributed by atoms with Crippen LogP contribution in [-0.4, -0.2) is 30.4 Å². The Labute approximate surface area is 193 Å². The first-order chi connectivity index (χ1) is 15.8. The number of carbonyl (C=O) groups is 1. The molecule has 3 aromatic carbocycles. The summed E-state index contributed by atoms with van der Waals surface area (Å²) in [6.07, 6.45) is 4.75. The van der Waals surface area contributed by atoms with Crippen molar-refractivity contribution in [1.82, 2.24) is 9.78 Å². The average molecular weight is 461 g/mol. The summed E-state index contributed by atoms with van der Waals surface area (Å²) in [7, 11) is -3.43. The molecule has 0 spiro atoms. The standard InChI is InChI=1S/C25H24N4O3S/c1-18-8-13-21(16-24(18)28-33(2,31)32)27-25(30)23-7-4-3-6-22(23)20-11-9-19(10-12-20)17-29-15-5-14-26-29/h3-16,28H,17H2,1-2H3,(H,27,30). The van der Waals surface area contributed by atoms with Crippen LogP contribution in [0.25, 0.3) is 11.1 Å². The maximum absolute atomic E-state index is 13.1. The van der Waals surface area contributed by atoms with Crippen LogP contribution >= 0.6 is 0 Å². The Balaban J connectivity index is 1.56. The summed E-state index contributed by atoms with van der Waals surface area (Å²) in [4.78, 5) is 13.1. The molecule has 0 radical (unpaired) electrons. The van der Waals surface area contributed by atoms with Crippen molar-refractivity contribution in [2.45, 2.75) is 13.5 Å². The van der Waals surface area contributed by atoms with Gasteiger partial charge in [-0.1, -0.05) is 48.5 Å². The fourth-order valence-corrected chi connectivity index (χ4v) is 4.13. The van der Waals surface area contributed by atoms with E-state index < -0.39 is 10.0 Å². The van der Waals surface area contributed by atoms with Crippen LogP contribution in [0.3, 0.4) is 0 Å². The van der Waals surface area contributed by atoms with Gasteiger partial charge in [0.2, 0.25) is 10.0 Å². The zero-order valence-corrected chi connectivity index (χ0v) is 19.1. The van der Waals surface area contributed by atoms with Crippen molar-refractivity contribution in [3.05, 3.63) is 102 Å². The lowest BCUT2D eigenvalue weighted by molar-refractivity contribution is 0.102. The molecule has 0 aliphatic rings. The monoisotopic (exact) mass is 460 g/mol. The van der Waals surface area contributed by atoms with Gasteiger partial charge in [0.15, 0.2) is 0 Å². The highest BCUT2D eigenvalue weighted by Crippen LogP contribution is 2.26. The molecule has 168 valence electrons. The van der Waals surface area contributed by atoms with Crippen LogP contribution in [0.4, 0.5) is 11.4 Å². The van der Waals surface area contributed by atoms with Gasteiger partial charge in [-0.05, 0) is 53.4 Å². The second-order valence-electron chi connectivity index (χ2n) is 7.80. The van der Waals surface area contributed by atoms with Crippen LogP contribution in [0, 0.1) is 6.92 Å². The molecule has 0 saturated heterocycles. The lowest BCUT2D eigenvalue weighted by atomic mass is 9.98. The molecule has 1 aromatic heterocycles. The molecule has 0 aliphatic carbocycles. The third-order valence-electron chi connectivity index (χ3n) is 5.13. The van der Waals surface area contributed by atoms with Gasteiger partial charge < -0.3 is 5.32 Å². The minimum atomic E-state index is -3.43. The Morgan fingerprint density at radius 3 is 2.45 bits per heavy atom. The Morgan fingerprint density at radius 2 is 1.76 bits per heavy atom. The number of rotatable bonds is 7. The van der Waals surface area contributed by atoms with Crippen LogP contribution < -0.4 is 10.0 Å². The van der Waals surface area contributed by atoms with E-state index in [0.717, 1.165) is 28.5 Å². The van der Waals surface area contributed by atoms with Gasteiger partial charge in [-0.25, -0.2) is 8.42 Å². The van der Waals surface area contributed by atoms with Crippen molar-refractivity contribution < 1.29 is 13.2 Å². The topological polar surface area (TPSA) is 93.1 Å². The smallest absolute Gasteiger partial charge is 0.256 e. The summed E-state index contributed by atoms with van der Waals surface area (Å²) in [6.45, 7) is 2.47. The largest absolute Gasteiger partial charge is 0.322 e. The van der Waals surface area contributed by atoms with E-state index in [-0.39, 0.29) is 5.91 Å². The first-order valence-electron chi connectivity index (χ1n) is 10.3. The Hall–Kier alpha value is -3.91. The van der Waals surface area contributed by atoms with Crippen molar-refractivity contribution in [1.29, 1.82) is 0 Å². The minimum absolute atomic E-state index is 0.277. The van der Waals surface area contributed by atoms with Gasteiger partial charge >= 0.3 is 0 Å². The molecule has 33 heavy (non-hydrogen) atoms. The highest BCUT2D eigenvalue weighted by Gasteiger charge is 2.14. The maximum Gasteiger partial charge on any atom is 0.256 e.